The summed E-state index contributed by atoms with van der Waals surface area (Å²) >= 11 is 0. The van der Waals surface area contributed by atoms with Gasteiger partial charge in [-0.05, 0) is 42.3 Å². The van der Waals surface area contributed by atoms with Crippen molar-refractivity contribution in [1.82, 2.24) is 4.90 Å². The summed E-state index contributed by atoms with van der Waals surface area (Å²) in [6.45, 7) is 3.94. The van der Waals surface area contributed by atoms with E-state index in [0.29, 0.717) is 0 Å². The monoisotopic (exact) mass is 264 g/mol. The Bertz CT molecular complexity index is 594. The Hall–Kier alpha value is -2.11. The van der Waals surface area contributed by atoms with Gasteiger partial charge in [-0.1, -0.05) is 43.3 Å². The molecular weight excluding hydrogens is 244 g/mol. The average molecular weight is 264 g/mol. The molecule has 0 N–H and O–H groups in total. The Balaban J connectivity index is 1.97. The van der Waals surface area contributed by atoms with Crippen molar-refractivity contribution in [2.24, 2.45) is 0 Å². The van der Waals surface area contributed by atoms with Crippen LogP contribution in [0, 0.1) is 11.3 Å². The molecule has 2 aromatic rings. The van der Waals surface area contributed by atoms with E-state index in [4.69, 9.17) is 5.26 Å². The average Bonchev–Trinajstić information content (AvgIpc) is 2.48. The van der Waals surface area contributed by atoms with Crippen LogP contribution in [0.15, 0.2) is 48.5 Å². The second-order valence-corrected chi connectivity index (χ2v) is 5.15. The summed E-state index contributed by atoms with van der Waals surface area (Å²) in [4.78, 5) is 2.26. The van der Waals surface area contributed by atoms with Crippen LogP contribution in [0.25, 0.3) is 0 Å². The van der Waals surface area contributed by atoms with Gasteiger partial charge in [0.25, 0.3) is 0 Å². The quantitative estimate of drug-likeness (QED) is 0.822. The molecule has 0 unspecified atom stereocenters. The number of hydrogen-bond donors (Lipinski definition) is 0. The van der Waals surface area contributed by atoms with Crippen LogP contribution in [0.3, 0.4) is 0 Å². The van der Waals surface area contributed by atoms with Gasteiger partial charge in [0, 0.05) is 13.1 Å². The maximum atomic E-state index is 8.92. The third-order valence-electron chi connectivity index (χ3n) is 3.39. The van der Waals surface area contributed by atoms with Crippen LogP contribution in [0.1, 0.15) is 29.2 Å². The van der Waals surface area contributed by atoms with Crippen LogP contribution in [0.5, 0.6) is 0 Å². The zero-order valence-corrected chi connectivity index (χ0v) is 12.1. The lowest BCUT2D eigenvalue weighted by Crippen LogP contribution is -2.17. The van der Waals surface area contributed by atoms with Gasteiger partial charge in [-0.2, -0.15) is 5.26 Å². The summed E-state index contributed by atoms with van der Waals surface area (Å²) in [5, 5.41) is 8.92. The Kier molecular flexibility index (Phi) is 4.92. The molecule has 0 amide bonds. The largest absolute Gasteiger partial charge is 0.298 e. The van der Waals surface area contributed by atoms with Crippen molar-refractivity contribution in [2.75, 3.05) is 7.05 Å². The fourth-order valence-electron chi connectivity index (χ4n) is 2.30. The highest BCUT2D eigenvalue weighted by Crippen LogP contribution is 2.11. The van der Waals surface area contributed by atoms with Gasteiger partial charge in [0.2, 0.25) is 0 Å². The first-order valence-electron chi connectivity index (χ1n) is 6.96. The van der Waals surface area contributed by atoms with Gasteiger partial charge in [0.1, 0.15) is 0 Å². The van der Waals surface area contributed by atoms with Crippen molar-refractivity contribution in [1.29, 1.82) is 5.26 Å². The minimum atomic E-state index is 0.725. The molecule has 20 heavy (non-hydrogen) atoms. The zero-order valence-electron chi connectivity index (χ0n) is 12.1. The predicted molar refractivity (Wildman–Crippen MR) is 82.1 cm³/mol. The summed E-state index contributed by atoms with van der Waals surface area (Å²) in [5.74, 6) is 0. The van der Waals surface area contributed by atoms with E-state index in [1.54, 1.807) is 0 Å². The van der Waals surface area contributed by atoms with Crippen molar-refractivity contribution < 1.29 is 0 Å². The van der Waals surface area contributed by atoms with E-state index in [2.05, 4.69) is 55.3 Å². The molecule has 0 saturated heterocycles. The fraction of sp³-hybridized carbons (Fsp3) is 0.278. The highest BCUT2D eigenvalue weighted by atomic mass is 15.1. The number of nitriles is 1. The lowest BCUT2D eigenvalue weighted by Gasteiger charge is -2.17. The molecule has 0 fully saturated rings. The maximum absolute atomic E-state index is 8.92. The molecule has 2 aromatic carbocycles. The minimum absolute atomic E-state index is 0.725. The lowest BCUT2D eigenvalue weighted by molar-refractivity contribution is 0.319. The van der Waals surface area contributed by atoms with Crippen LogP contribution < -0.4 is 0 Å². The molecule has 2 heteroatoms. The predicted octanol–water partition coefficient (Wildman–Crippen LogP) is 3.75. The fourth-order valence-corrected chi connectivity index (χ4v) is 2.30. The molecule has 0 heterocycles. The van der Waals surface area contributed by atoms with Crippen LogP contribution in [0.4, 0.5) is 0 Å². The van der Waals surface area contributed by atoms with E-state index in [0.717, 1.165) is 25.1 Å². The lowest BCUT2D eigenvalue weighted by atomic mass is 10.1. The molecule has 0 saturated carbocycles. The molecule has 0 aliphatic heterocycles. The molecule has 0 bridgehead atoms. The van der Waals surface area contributed by atoms with Gasteiger partial charge in [0.05, 0.1) is 11.6 Å². The van der Waals surface area contributed by atoms with E-state index in [9.17, 15) is 0 Å². The summed E-state index contributed by atoms with van der Waals surface area (Å²) in [6, 6.07) is 18.8. The maximum Gasteiger partial charge on any atom is 0.0991 e. The van der Waals surface area contributed by atoms with Crippen LogP contribution in [-0.2, 0) is 19.5 Å². The summed E-state index contributed by atoms with van der Waals surface area (Å²) in [5.41, 5.74) is 4.60. The van der Waals surface area contributed by atoms with Crippen LogP contribution in [0.2, 0.25) is 0 Å². The number of hydrogen-bond acceptors (Lipinski definition) is 2. The van der Waals surface area contributed by atoms with Crippen LogP contribution >= 0.6 is 0 Å². The SMILES string of the molecule is CCc1ccc(CN(C)Cc2cccc(C#N)c2)cc1. The number of aryl methyl sites for hydroxylation is 1. The van der Waals surface area contributed by atoms with Crippen molar-refractivity contribution in [2.45, 2.75) is 26.4 Å². The molecule has 102 valence electrons. The first kappa shape index (κ1) is 14.3. The molecule has 2 nitrogen and oxygen atoms in total. The first-order chi connectivity index (χ1) is 9.71. The van der Waals surface area contributed by atoms with E-state index in [1.807, 2.05) is 18.2 Å². The number of benzene rings is 2. The molecule has 0 aliphatic carbocycles. The van der Waals surface area contributed by atoms with Crippen molar-refractivity contribution >= 4 is 0 Å². The highest BCUT2D eigenvalue weighted by Gasteiger charge is 2.03. The molecule has 0 radical (unpaired) electrons. The van der Waals surface area contributed by atoms with E-state index in [-0.39, 0.29) is 0 Å². The Morgan fingerprint density at radius 2 is 1.60 bits per heavy atom. The Labute approximate surface area is 121 Å². The smallest absolute Gasteiger partial charge is 0.0991 e. The first-order valence-corrected chi connectivity index (χ1v) is 6.96. The molecule has 0 aromatic heterocycles. The Morgan fingerprint density at radius 3 is 2.25 bits per heavy atom. The van der Waals surface area contributed by atoms with Crippen molar-refractivity contribution in [3.63, 3.8) is 0 Å². The van der Waals surface area contributed by atoms with E-state index in [1.165, 1.54) is 16.7 Å². The summed E-state index contributed by atoms with van der Waals surface area (Å²) in [7, 11) is 2.10. The standard InChI is InChI=1S/C18H20N2/c1-3-15-7-9-16(10-8-15)13-20(2)14-18-6-4-5-17(11-18)12-19/h4-11H,3,13-14H2,1-2H3. The van der Waals surface area contributed by atoms with Gasteiger partial charge in [0.15, 0.2) is 0 Å². The Morgan fingerprint density at radius 1 is 0.950 bits per heavy atom. The summed E-state index contributed by atoms with van der Waals surface area (Å²) in [6.07, 6.45) is 1.08. The van der Waals surface area contributed by atoms with E-state index >= 15 is 0 Å². The van der Waals surface area contributed by atoms with Gasteiger partial charge in [-0.3, -0.25) is 4.90 Å². The van der Waals surface area contributed by atoms with E-state index < -0.39 is 0 Å². The molecule has 0 spiro atoms. The third kappa shape index (κ3) is 3.94. The van der Waals surface area contributed by atoms with Gasteiger partial charge in [-0.25, -0.2) is 0 Å². The zero-order chi connectivity index (χ0) is 14.4. The normalized spacial score (nSPS) is 10.5. The van der Waals surface area contributed by atoms with Gasteiger partial charge >= 0.3 is 0 Å². The molecular formula is C18H20N2. The van der Waals surface area contributed by atoms with Gasteiger partial charge in [-0.15, -0.1) is 0 Å². The number of nitrogens with zero attached hydrogens (tertiary/aromatic N) is 2. The topological polar surface area (TPSA) is 27.0 Å². The highest BCUT2D eigenvalue weighted by molar-refractivity contribution is 5.32. The molecule has 0 aliphatic rings. The second kappa shape index (κ2) is 6.88. The van der Waals surface area contributed by atoms with Crippen molar-refractivity contribution in [3.8, 4) is 6.07 Å². The molecule has 2 rings (SSSR count). The third-order valence-corrected chi connectivity index (χ3v) is 3.39. The second-order valence-electron chi connectivity index (χ2n) is 5.15. The van der Waals surface area contributed by atoms with Crippen molar-refractivity contribution in [3.05, 3.63) is 70.8 Å². The number of rotatable bonds is 5. The summed E-state index contributed by atoms with van der Waals surface area (Å²) < 4.78 is 0. The minimum Gasteiger partial charge on any atom is -0.298 e. The van der Waals surface area contributed by atoms with Gasteiger partial charge < -0.3 is 0 Å². The molecule has 0 atom stereocenters. The van der Waals surface area contributed by atoms with Crippen LogP contribution in [-0.4, -0.2) is 11.9 Å².